The molecule has 0 radical (unpaired) electrons. The third-order valence-electron chi connectivity index (χ3n) is 3.64. The Morgan fingerprint density at radius 2 is 1.21 bits per heavy atom. The van der Waals surface area contributed by atoms with Gasteiger partial charge in [0.1, 0.15) is 5.82 Å². The number of hydrogen-bond donors (Lipinski definition) is 1. The van der Waals surface area contributed by atoms with Gasteiger partial charge in [-0.15, -0.1) is 0 Å². The minimum absolute atomic E-state index is 0.111. The van der Waals surface area contributed by atoms with E-state index in [4.69, 9.17) is 0 Å². The minimum Gasteiger partial charge on any atom is -0.288 e. The number of nitrogens with one attached hydrogen (secondary N) is 1. The molecule has 0 saturated heterocycles. The molecule has 1 aliphatic heterocycles. The molecular formula is C17H12FNO4S. The van der Waals surface area contributed by atoms with Gasteiger partial charge in [-0.2, -0.15) is 0 Å². The number of imide groups is 1. The van der Waals surface area contributed by atoms with Crippen LogP contribution in [0.1, 0.15) is 11.1 Å². The number of carbonyl (C=O) groups excluding carboxylic acids is 2. The standard InChI is InChI=1S/C17H12FNO4S/c1-24(22,23)13-8-4-11(5-9-13)15-14(16(20)19-17(15)21)10-2-6-12(18)7-3-10/h2-9H,1H3,(H,19,20,21). The molecule has 1 N–H and O–H groups in total. The van der Waals surface area contributed by atoms with Gasteiger partial charge in [-0.25, -0.2) is 12.8 Å². The molecule has 2 amide bonds. The van der Waals surface area contributed by atoms with Gasteiger partial charge >= 0.3 is 0 Å². The number of amides is 2. The molecule has 122 valence electrons. The van der Waals surface area contributed by atoms with E-state index in [1.54, 1.807) is 0 Å². The van der Waals surface area contributed by atoms with Gasteiger partial charge in [0.2, 0.25) is 0 Å². The van der Waals surface area contributed by atoms with Crippen LogP contribution >= 0.6 is 0 Å². The van der Waals surface area contributed by atoms with Crippen LogP contribution in [0.5, 0.6) is 0 Å². The molecule has 2 aromatic rings. The molecule has 2 aromatic carbocycles. The topological polar surface area (TPSA) is 80.3 Å². The van der Waals surface area contributed by atoms with Crippen LogP contribution in [0, 0.1) is 5.82 Å². The Balaban J connectivity index is 2.16. The summed E-state index contributed by atoms with van der Waals surface area (Å²) in [6, 6.07) is 10.9. The summed E-state index contributed by atoms with van der Waals surface area (Å²) >= 11 is 0. The summed E-state index contributed by atoms with van der Waals surface area (Å²) in [5, 5.41) is 2.21. The molecule has 0 aromatic heterocycles. The summed E-state index contributed by atoms with van der Waals surface area (Å²) in [4.78, 5) is 24.3. The smallest absolute Gasteiger partial charge is 0.259 e. The second kappa shape index (κ2) is 5.68. The highest BCUT2D eigenvalue weighted by molar-refractivity contribution is 7.90. The average molecular weight is 345 g/mol. The zero-order chi connectivity index (χ0) is 17.5. The summed E-state index contributed by atoms with van der Waals surface area (Å²) in [7, 11) is -3.36. The maximum Gasteiger partial charge on any atom is 0.259 e. The number of rotatable bonds is 3. The van der Waals surface area contributed by atoms with Gasteiger partial charge in [0.15, 0.2) is 9.84 Å². The quantitative estimate of drug-likeness (QED) is 0.860. The molecule has 0 atom stereocenters. The van der Waals surface area contributed by atoms with Crippen molar-refractivity contribution < 1.29 is 22.4 Å². The highest BCUT2D eigenvalue weighted by Gasteiger charge is 2.32. The van der Waals surface area contributed by atoms with E-state index in [0.29, 0.717) is 11.1 Å². The van der Waals surface area contributed by atoms with Gasteiger partial charge in [-0.05, 0) is 35.4 Å². The fraction of sp³-hybridized carbons (Fsp3) is 0.0588. The zero-order valence-corrected chi connectivity index (χ0v) is 13.4. The highest BCUT2D eigenvalue weighted by Crippen LogP contribution is 2.31. The molecule has 0 spiro atoms. The Labute approximate surface area is 137 Å². The van der Waals surface area contributed by atoms with E-state index in [0.717, 1.165) is 6.26 Å². The molecule has 3 rings (SSSR count). The number of carbonyl (C=O) groups is 2. The number of benzene rings is 2. The third-order valence-corrected chi connectivity index (χ3v) is 4.76. The van der Waals surface area contributed by atoms with Crippen LogP contribution in [-0.2, 0) is 19.4 Å². The lowest BCUT2D eigenvalue weighted by molar-refractivity contribution is -0.122. The second-order valence-corrected chi connectivity index (χ2v) is 7.35. The fourth-order valence-corrected chi connectivity index (χ4v) is 3.12. The van der Waals surface area contributed by atoms with Gasteiger partial charge in [0.05, 0.1) is 16.0 Å². The lowest BCUT2D eigenvalue weighted by Gasteiger charge is -2.06. The first-order valence-corrected chi connectivity index (χ1v) is 8.83. The molecule has 0 saturated carbocycles. The van der Waals surface area contributed by atoms with Gasteiger partial charge in [-0.1, -0.05) is 24.3 Å². The number of hydrogen-bond acceptors (Lipinski definition) is 4. The van der Waals surface area contributed by atoms with Gasteiger partial charge in [-0.3, -0.25) is 14.9 Å². The Kier molecular flexibility index (Phi) is 3.81. The monoisotopic (exact) mass is 345 g/mol. The zero-order valence-electron chi connectivity index (χ0n) is 12.5. The maximum atomic E-state index is 13.1. The van der Waals surface area contributed by atoms with E-state index in [9.17, 15) is 22.4 Å². The van der Waals surface area contributed by atoms with Crippen LogP contribution < -0.4 is 5.32 Å². The molecule has 1 aliphatic rings. The molecule has 0 aliphatic carbocycles. The van der Waals surface area contributed by atoms with Crippen LogP contribution in [-0.4, -0.2) is 26.5 Å². The molecule has 24 heavy (non-hydrogen) atoms. The first-order valence-electron chi connectivity index (χ1n) is 6.94. The van der Waals surface area contributed by atoms with Gasteiger partial charge < -0.3 is 0 Å². The number of sulfone groups is 1. The summed E-state index contributed by atoms with van der Waals surface area (Å²) in [5.74, 6) is -1.61. The van der Waals surface area contributed by atoms with E-state index < -0.39 is 27.5 Å². The lowest BCUT2D eigenvalue weighted by Crippen LogP contribution is -2.22. The van der Waals surface area contributed by atoms with Crippen molar-refractivity contribution in [3.05, 3.63) is 65.5 Å². The lowest BCUT2D eigenvalue weighted by atomic mass is 9.96. The van der Waals surface area contributed by atoms with Crippen molar-refractivity contribution in [2.75, 3.05) is 6.26 Å². The van der Waals surface area contributed by atoms with Gasteiger partial charge in [0, 0.05) is 6.26 Å². The number of halogens is 1. The van der Waals surface area contributed by atoms with Crippen molar-refractivity contribution in [2.45, 2.75) is 4.90 Å². The normalized spacial score (nSPS) is 14.9. The largest absolute Gasteiger partial charge is 0.288 e. The van der Waals surface area contributed by atoms with Crippen molar-refractivity contribution in [2.24, 2.45) is 0 Å². The van der Waals surface area contributed by atoms with Crippen LogP contribution in [0.15, 0.2) is 53.4 Å². The SMILES string of the molecule is CS(=O)(=O)c1ccc(C2=C(c3ccc(F)cc3)C(=O)NC2=O)cc1. The summed E-state index contributed by atoms with van der Waals surface area (Å²) < 4.78 is 36.1. The average Bonchev–Trinajstić information content (AvgIpc) is 2.82. The Morgan fingerprint density at radius 1 is 0.792 bits per heavy atom. The van der Waals surface area contributed by atoms with Crippen molar-refractivity contribution in [1.29, 1.82) is 0 Å². The predicted molar refractivity (Wildman–Crippen MR) is 85.9 cm³/mol. The third kappa shape index (κ3) is 2.85. The molecule has 0 bridgehead atoms. The highest BCUT2D eigenvalue weighted by atomic mass is 32.2. The van der Waals surface area contributed by atoms with Gasteiger partial charge in [0.25, 0.3) is 11.8 Å². The van der Waals surface area contributed by atoms with E-state index in [1.807, 2.05) is 0 Å². The van der Waals surface area contributed by atoms with E-state index in [2.05, 4.69) is 5.32 Å². The van der Waals surface area contributed by atoms with Crippen molar-refractivity contribution in [3.8, 4) is 0 Å². The second-order valence-electron chi connectivity index (χ2n) is 5.34. The summed E-state index contributed by atoms with van der Waals surface area (Å²) in [6.07, 6.45) is 1.08. The molecular weight excluding hydrogens is 333 g/mol. The first-order chi connectivity index (χ1) is 11.3. The maximum absolute atomic E-state index is 13.1. The minimum atomic E-state index is -3.36. The first kappa shape index (κ1) is 16.1. The van der Waals surface area contributed by atoms with Crippen LogP contribution in [0.25, 0.3) is 11.1 Å². The van der Waals surface area contributed by atoms with E-state index in [-0.39, 0.29) is 16.0 Å². The van der Waals surface area contributed by atoms with Crippen LogP contribution in [0.4, 0.5) is 4.39 Å². The Hall–Kier alpha value is -2.80. The van der Waals surface area contributed by atoms with Crippen LogP contribution in [0.2, 0.25) is 0 Å². The van der Waals surface area contributed by atoms with Crippen LogP contribution in [0.3, 0.4) is 0 Å². The fourth-order valence-electron chi connectivity index (χ4n) is 2.49. The molecule has 5 nitrogen and oxygen atoms in total. The molecule has 0 fully saturated rings. The predicted octanol–water partition coefficient (Wildman–Crippen LogP) is 1.80. The van der Waals surface area contributed by atoms with Crippen molar-refractivity contribution in [1.82, 2.24) is 5.32 Å². The van der Waals surface area contributed by atoms with Crippen molar-refractivity contribution in [3.63, 3.8) is 0 Å². The summed E-state index contributed by atoms with van der Waals surface area (Å²) in [6.45, 7) is 0. The summed E-state index contributed by atoms with van der Waals surface area (Å²) in [5.41, 5.74) is 1.07. The molecule has 0 unspecified atom stereocenters. The van der Waals surface area contributed by atoms with E-state index in [1.165, 1.54) is 48.5 Å². The van der Waals surface area contributed by atoms with Crippen molar-refractivity contribution >= 4 is 32.8 Å². The Bertz CT molecular complexity index is 974. The molecule has 7 heteroatoms. The Morgan fingerprint density at radius 3 is 1.62 bits per heavy atom. The molecule has 1 heterocycles. The van der Waals surface area contributed by atoms with E-state index >= 15 is 0 Å².